The number of ether oxygens (including phenoxy) is 1. The van der Waals surface area contributed by atoms with Gasteiger partial charge in [-0.3, -0.25) is 4.79 Å². The summed E-state index contributed by atoms with van der Waals surface area (Å²) in [7, 11) is 0. The van der Waals surface area contributed by atoms with Gasteiger partial charge in [0.15, 0.2) is 17.6 Å². The Bertz CT molecular complexity index is 466. The van der Waals surface area contributed by atoms with Crippen LogP contribution in [0.1, 0.15) is 6.92 Å². The Kier molecular flexibility index (Phi) is 4.91. The second-order valence-corrected chi connectivity index (χ2v) is 3.86. The van der Waals surface area contributed by atoms with Crippen LogP contribution in [-0.4, -0.2) is 29.6 Å². The molecule has 98 valence electrons. The molecule has 0 aliphatic carbocycles. The maximum Gasteiger partial charge on any atom is 0.329 e. The molecule has 2 N–H and O–H groups in total. The van der Waals surface area contributed by atoms with Gasteiger partial charge >= 0.3 is 5.97 Å². The molecule has 5 nitrogen and oxygen atoms in total. The fourth-order valence-corrected chi connectivity index (χ4v) is 1.35. The molecule has 1 atom stereocenters. The first-order valence-electron chi connectivity index (χ1n) is 4.98. The van der Waals surface area contributed by atoms with E-state index in [4.69, 9.17) is 21.4 Å². The third-order valence-electron chi connectivity index (χ3n) is 2.00. The van der Waals surface area contributed by atoms with Crippen molar-refractivity contribution < 1.29 is 23.8 Å². The molecule has 0 aliphatic heterocycles. The van der Waals surface area contributed by atoms with Crippen LogP contribution in [0.5, 0.6) is 5.75 Å². The Morgan fingerprint density at radius 1 is 1.56 bits per heavy atom. The minimum atomic E-state index is -1.27. The first-order valence-corrected chi connectivity index (χ1v) is 5.36. The van der Waals surface area contributed by atoms with Gasteiger partial charge in [0, 0.05) is 6.92 Å². The highest BCUT2D eigenvalue weighted by Gasteiger charge is 2.20. The molecule has 18 heavy (non-hydrogen) atoms. The number of hydrogen-bond acceptors (Lipinski definition) is 3. The zero-order valence-corrected chi connectivity index (χ0v) is 10.2. The molecule has 1 aromatic rings. The molecule has 1 amide bonds. The van der Waals surface area contributed by atoms with Gasteiger partial charge in [0.1, 0.15) is 6.61 Å². The lowest BCUT2D eigenvalue weighted by atomic mass is 10.3. The van der Waals surface area contributed by atoms with E-state index >= 15 is 0 Å². The van der Waals surface area contributed by atoms with Gasteiger partial charge in [-0.25, -0.2) is 9.18 Å². The molecule has 7 heteroatoms. The summed E-state index contributed by atoms with van der Waals surface area (Å²) < 4.78 is 18.4. The van der Waals surface area contributed by atoms with E-state index in [2.05, 4.69) is 5.32 Å². The number of carboxylic acids is 1. The molecule has 0 aliphatic rings. The monoisotopic (exact) mass is 275 g/mol. The molecule has 0 bridgehead atoms. The smallest absolute Gasteiger partial charge is 0.329 e. The SMILES string of the molecule is CC(=O)NC(COc1cccc(Cl)c1F)C(=O)O. The topological polar surface area (TPSA) is 75.6 Å². The van der Waals surface area contributed by atoms with Crippen LogP contribution in [0.2, 0.25) is 5.02 Å². The first-order chi connectivity index (χ1) is 8.41. The lowest BCUT2D eigenvalue weighted by Gasteiger charge is -2.14. The van der Waals surface area contributed by atoms with Crippen molar-refractivity contribution in [3.63, 3.8) is 0 Å². The minimum absolute atomic E-state index is 0.126. The lowest BCUT2D eigenvalue weighted by Crippen LogP contribution is -2.43. The molecular weight excluding hydrogens is 265 g/mol. The molecule has 0 spiro atoms. The largest absolute Gasteiger partial charge is 0.488 e. The van der Waals surface area contributed by atoms with Crippen molar-refractivity contribution in [1.82, 2.24) is 5.32 Å². The highest BCUT2D eigenvalue weighted by atomic mass is 35.5. The molecule has 1 unspecified atom stereocenters. The van der Waals surface area contributed by atoms with Crippen molar-refractivity contribution in [2.24, 2.45) is 0 Å². The van der Waals surface area contributed by atoms with Gasteiger partial charge in [0.25, 0.3) is 0 Å². The van der Waals surface area contributed by atoms with Crippen molar-refractivity contribution in [3.05, 3.63) is 29.0 Å². The van der Waals surface area contributed by atoms with Gasteiger partial charge in [-0.15, -0.1) is 0 Å². The zero-order chi connectivity index (χ0) is 13.7. The number of carboxylic acid groups (broad SMARTS) is 1. The van der Waals surface area contributed by atoms with Crippen molar-refractivity contribution in [3.8, 4) is 5.75 Å². The molecule has 1 aromatic carbocycles. The first kappa shape index (κ1) is 14.2. The fraction of sp³-hybridized carbons (Fsp3) is 0.273. The van der Waals surface area contributed by atoms with Gasteiger partial charge in [0.2, 0.25) is 5.91 Å². The molecule has 0 fully saturated rings. The van der Waals surface area contributed by atoms with Crippen LogP contribution in [0.25, 0.3) is 0 Å². The number of hydrogen-bond donors (Lipinski definition) is 2. The lowest BCUT2D eigenvalue weighted by molar-refractivity contribution is -0.142. The summed E-state index contributed by atoms with van der Waals surface area (Å²) in [6, 6.07) is 2.87. The molecule has 0 aromatic heterocycles. The van der Waals surface area contributed by atoms with E-state index in [0.717, 1.165) is 0 Å². The van der Waals surface area contributed by atoms with Gasteiger partial charge in [0.05, 0.1) is 5.02 Å². The van der Waals surface area contributed by atoms with E-state index in [0.29, 0.717) is 0 Å². The van der Waals surface area contributed by atoms with Crippen LogP contribution >= 0.6 is 11.6 Å². The van der Waals surface area contributed by atoms with E-state index in [9.17, 15) is 14.0 Å². The molecule has 1 rings (SSSR count). The van der Waals surface area contributed by atoms with Crippen molar-refractivity contribution in [1.29, 1.82) is 0 Å². The van der Waals surface area contributed by atoms with Crippen LogP contribution in [0.15, 0.2) is 18.2 Å². The second kappa shape index (κ2) is 6.20. The van der Waals surface area contributed by atoms with Gasteiger partial charge in [-0.1, -0.05) is 17.7 Å². The summed E-state index contributed by atoms with van der Waals surface area (Å²) in [5, 5.41) is 10.8. The normalized spacial score (nSPS) is 11.7. The third-order valence-corrected chi connectivity index (χ3v) is 2.29. The van der Waals surface area contributed by atoms with Crippen LogP contribution in [0.4, 0.5) is 4.39 Å². The minimum Gasteiger partial charge on any atom is -0.488 e. The number of amides is 1. The maximum absolute atomic E-state index is 13.4. The average molecular weight is 276 g/mol. The zero-order valence-electron chi connectivity index (χ0n) is 9.44. The number of halogens is 2. The molecule has 0 heterocycles. The summed E-state index contributed by atoms with van der Waals surface area (Å²) in [6.45, 7) is 0.780. The van der Waals surface area contributed by atoms with Crippen molar-refractivity contribution in [2.45, 2.75) is 13.0 Å². The Balaban J connectivity index is 2.70. The van der Waals surface area contributed by atoms with Crippen molar-refractivity contribution >= 4 is 23.5 Å². The second-order valence-electron chi connectivity index (χ2n) is 3.45. The molecule has 0 radical (unpaired) electrons. The van der Waals surface area contributed by atoms with E-state index in [1.165, 1.54) is 25.1 Å². The van der Waals surface area contributed by atoms with Crippen LogP contribution in [0, 0.1) is 5.82 Å². The van der Waals surface area contributed by atoms with Gasteiger partial charge in [-0.2, -0.15) is 0 Å². The van der Waals surface area contributed by atoms with E-state index in [-0.39, 0.29) is 10.8 Å². The van der Waals surface area contributed by atoms with Crippen molar-refractivity contribution in [2.75, 3.05) is 6.61 Å². The van der Waals surface area contributed by atoms with Crippen LogP contribution < -0.4 is 10.1 Å². The Morgan fingerprint density at radius 2 is 2.22 bits per heavy atom. The van der Waals surface area contributed by atoms with E-state index < -0.39 is 30.3 Å². The van der Waals surface area contributed by atoms with Gasteiger partial charge < -0.3 is 15.2 Å². The molecule has 0 saturated heterocycles. The number of nitrogens with one attached hydrogen (secondary N) is 1. The highest BCUT2D eigenvalue weighted by molar-refractivity contribution is 6.30. The third kappa shape index (κ3) is 3.89. The number of rotatable bonds is 5. The Hall–Kier alpha value is -1.82. The Labute approximate surface area is 108 Å². The summed E-state index contributed by atoms with van der Waals surface area (Å²) in [6.07, 6.45) is 0. The number of aliphatic carboxylic acids is 1. The summed E-state index contributed by atoms with van der Waals surface area (Å²) in [4.78, 5) is 21.6. The molecule has 0 saturated carbocycles. The number of benzene rings is 1. The highest BCUT2D eigenvalue weighted by Crippen LogP contribution is 2.24. The van der Waals surface area contributed by atoms with Crippen LogP contribution in [-0.2, 0) is 9.59 Å². The van der Waals surface area contributed by atoms with Crippen LogP contribution in [0.3, 0.4) is 0 Å². The van der Waals surface area contributed by atoms with E-state index in [1.807, 2.05) is 0 Å². The predicted molar refractivity (Wildman–Crippen MR) is 62.1 cm³/mol. The number of carbonyl (C=O) groups is 2. The van der Waals surface area contributed by atoms with Gasteiger partial charge in [-0.05, 0) is 12.1 Å². The summed E-state index contributed by atoms with van der Waals surface area (Å²) >= 11 is 5.53. The maximum atomic E-state index is 13.4. The summed E-state index contributed by atoms with van der Waals surface area (Å²) in [5.74, 6) is -2.73. The Morgan fingerprint density at radius 3 is 2.78 bits per heavy atom. The quantitative estimate of drug-likeness (QED) is 0.853. The average Bonchev–Trinajstić information content (AvgIpc) is 2.28. The molecular formula is C11H11ClFNO4. The number of carbonyl (C=O) groups excluding carboxylic acids is 1. The predicted octanol–water partition coefficient (Wildman–Crippen LogP) is 1.45. The van der Waals surface area contributed by atoms with E-state index in [1.54, 1.807) is 0 Å². The summed E-state index contributed by atoms with van der Waals surface area (Å²) in [5.41, 5.74) is 0. The standard InChI is InChI=1S/C11H11ClFNO4/c1-6(15)14-8(11(16)17)5-18-9-4-2-3-7(12)10(9)13/h2-4,8H,5H2,1H3,(H,14,15)(H,16,17). The fourth-order valence-electron chi connectivity index (χ4n) is 1.19.